The Bertz CT molecular complexity index is 1080. The Morgan fingerprint density at radius 2 is 1.91 bits per heavy atom. The van der Waals surface area contributed by atoms with Crippen molar-refractivity contribution in [1.29, 1.82) is 0 Å². The van der Waals surface area contributed by atoms with Crippen LogP contribution in [0.4, 0.5) is 5.69 Å². The minimum Gasteiger partial charge on any atom is -0.484 e. The van der Waals surface area contributed by atoms with Crippen LogP contribution in [0.15, 0.2) is 47.4 Å². The van der Waals surface area contributed by atoms with Gasteiger partial charge in [0, 0.05) is 32.7 Å². The molecule has 9 heteroatoms. The molecule has 1 saturated heterocycles. The van der Waals surface area contributed by atoms with Gasteiger partial charge < -0.3 is 14.8 Å². The topological polar surface area (TPSA) is 88.2 Å². The predicted molar refractivity (Wildman–Crippen MR) is 126 cm³/mol. The summed E-state index contributed by atoms with van der Waals surface area (Å²) in [5.74, 6) is 0.292. The molecule has 0 aliphatic carbocycles. The third-order valence-electron chi connectivity index (χ3n) is 6.01. The molecule has 2 aromatic rings. The van der Waals surface area contributed by atoms with Crippen LogP contribution in [-0.2, 0) is 26.0 Å². The summed E-state index contributed by atoms with van der Waals surface area (Å²) < 4.78 is 39.1. The second-order valence-corrected chi connectivity index (χ2v) is 10.2. The molecule has 8 nitrogen and oxygen atoms in total. The number of ether oxygens (including phenoxy) is 2. The maximum absolute atomic E-state index is 13.3. The van der Waals surface area contributed by atoms with Gasteiger partial charge in [0.05, 0.1) is 23.8 Å². The number of nitrogens with zero attached hydrogens (tertiary/aromatic N) is 2. The number of benzene rings is 2. The minimum atomic E-state index is -3.68. The number of rotatable bonds is 8. The Hall–Kier alpha value is -2.62. The van der Waals surface area contributed by atoms with Crippen molar-refractivity contribution in [2.45, 2.75) is 24.7 Å². The molecule has 2 heterocycles. The zero-order valence-electron chi connectivity index (χ0n) is 19.0. The number of sulfonamides is 1. The second-order valence-electron chi connectivity index (χ2n) is 8.33. The van der Waals surface area contributed by atoms with Crippen LogP contribution in [-0.4, -0.2) is 71.8 Å². The molecule has 178 valence electrons. The molecule has 0 bridgehead atoms. The van der Waals surface area contributed by atoms with Gasteiger partial charge in [-0.05, 0) is 55.2 Å². The van der Waals surface area contributed by atoms with Gasteiger partial charge in [-0.3, -0.25) is 14.0 Å². The monoisotopic (exact) mass is 473 g/mol. The van der Waals surface area contributed by atoms with E-state index in [1.807, 2.05) is 24.3 Å². The van der Waals surface area contributed by atoms with Gasteiger partial charge in [-0.25, -0.2) is 8.42 Å². The highest BCUT2D eigenvalue weighted by Crippen LogP contribution is 2.33. The van der Waals surface area contributed by atoms with Crippen molar-refractivity contribution < 1.29 is 22.7 Å². The molecule has 2 aliphatic heterocycles. The number of hydrogen-bond donors (Lipinski definition) is 1. The number of hydrogen-bond acceptors (Lipinski definition) is 6. The number of aryl methyl sites for hydroxylation is 2. The van der Waals surface area contributed by atoms with Crippen LogP contribution in [0.2, 0.25) is 0 Å². The lowest BCUT2D eigenvalue weighted by atomic mass is 10.0. The van der Waals surface area contributed by atoms with Crippen LogP contribution < -0.4 is 14.4 Å². The number of nitrogens with one attached hydrogen (secondary N) is 1. The van der Waals surface area contributed by atoms with Gasteiger partial charge in [-0.2, -0.15) is 0 Å². The van der Waals surface area contributed by atoms with E-state index in [-0.39, 0.29) is 17.4 Å². The molecule has 2 aromatic carbocycles. The lowest BCUT2D eigenvalue weighted by molar-refractivity contribution is -0.123. The Morgan fingerprint density at radius 1 is 1.12 bits per heavy atom. The zero-order valence-corrected chi connectivity index (χ0v) is 19.8. The van der Waals surface area contributed by atoms with E-state index < -0.39 is 10.0 Å². The molecular weight excluding hydrogens is 442 g/mol. The Morgan fingerprint density at radius 3 is 2.70 bits per heavy atom. The highest BCUT2D eigenvalue weighted by Gasteiger charge is 2.29. The summed E-state index contributed by atoms with van der Waals surface area (Å²) in [6, 6.07) is 12.4. The number of carbonyl (C=O) groups excluding carboxylic acids is 1. The molecule has 0 radical (unpaired) electrons. The number of anilines is 1. The fourth-order valence-corrected chi connectivity index (χ4v) is 5.82. The summed E-state index contributed by atoms with van der Waals surface area (Å²) in [4.78, 5) is 14.6. The Kier molecular flexibility index (Phi) is 7.52. The highest BCUT2D eigenvalue weighted by molar-refractivity contribution is 7.92. The molecular formula is C24H31N3O5S. The summed E-state index contributed by atoms with van der Waals surface area (Å²) in [5, 5.41) is 2.86. The van der Waals surface area contributed by atoms with Gasteiger partial charge >= 0.3 is 0 Å². The van der Waals surface area contributed by atoms with Gasteiger partial charge in [0.2, 0.25) is 0 Å². The molecule has 4 rings (SSSR count). The number of morpholine rings is 1. The quantitative estimate of drug-likeness (QED) is 0.631. The first kappa shape index (κ1) is 23.5. The van der Waals surface area contributed by atoms with Crippen molar-refractivity contribution >= 4 is 21.6 Å². The van der Waals surface area contributed by atoms with Gasteiger partial charge in [0.25, 0.3) is 15.9 Å². The number of carbonyl (C=O) groups is 1. The number of fused-ring (bicyclic) bond motifs is 1. The van der Waals surface area contributed by atoms with E-state index in [2.05, 4.69) is 10.2 Å². The molecule has 1 N–H and O–H groups in total. The molecule has 1 amide bonds. The van der Waals surface area contributed by atoms with Gasteiger partial charge in [0.1, 0.15) is 5.75 Å². The van der Waals surface area contributed by atoms with E-state index in [9.17, 15) is 13.2 Å². The van der Waals surface area contributed by atoms with E-state index in [0.717, 1.165) is 56.9 Å². The largest absolute Gasteiger partial charge is 0.484 e. The van der Waals surface area contributed by atoms with Gasteiger partial charge in [-0.1, -0.05) is 18.2 Å². The highest BCUT2D eigenvalue weighted by atomic mass is 32.2. The Balaban J connectivity index is 1.34. The number of para-hydroxylation sites is 1. The zero-order chi connectivity index (χ0) is 23.3. The van der Waals surface area contributed by atoms with Crippen LogP contribution in [0.3, 0.4) is 0 Å². The van der Waals surface area contributed by atoms with E-state index >= 15 is 0 Å². The van der Waals surface area contributed by atoms with Gasteiger partial charge in [-0.15, -0.1) is 0 Å². The van der Waals surface area contributed by atoms with Crippen molar-refractivity contribution in [3.8, 4) is 5.75 Å². The first-order valence-electron chi connectivity index (χ1n) is 11.4. The average molecular weight is 474 g/mol. The molecule has 0 spiro atoms. The van der Waals surface area contributed by atoms with E-state index in [1.165, 1.54) is 4.31 Å². The van der Waals surface area contributed by atoms with Crippen molar-refractivity contribution in [3.05, 3.63) is 53.6 Å². The van der Waals surface area contributed by atoms with Crippen LogP contribution in [0, 0.1) is 6.92 Å². The van der Waals surface area contributed by atoms with Crippen LogP contribution >= 0.6 is 0 Å². The van der Waals surface area contributed by atoms with Crippen molar-refractivity contribution in [3.63, 3.8) is 0 Å². The van der Waals surface area contributed by atoms with E-state index in [1.54, 1.807) is 25.1 Å². The summed E-state index contributed by atoms with van der Waals surface area (Å²) in [6.07, 6.45) is 1.67. The van der Waals surface area contributed by atoms with E-state index in [0.29, 0.717) is 24.4 Å². The Labute approximate surface area is 195 Å². The lowest BCUT2D eigenvalue weighted by Gasteiger charge is -2.30. The predicted octanol–water partition coefficient (Wildman–Crippen LogP) is 1.96. The van der Waals surface area contributed by atoms with Crippen molar-refractivity contribution in [1.82, 2.24) is 10.2 Å². The molecule has 2 aliphatic rings. The SMILES string of the molecule is Cc1cc(S(=O)(=O)N2CCCc3ccccc32)ccc1OCC(=O)NCCN1CCOCC1. The maximum atomic E-state index is 13.3. The van der Waals surface area contributed by atoms with E-state index in [4.69, 9.17) is 9.47 Å². The summed E-state index contributed by atoms with van der Waals surface area (Å²) in [7, 11) is -3.68. The maximum Gasteiger partial charge on any atom is 0.264 e. The second kappa shape index (κ2) is 10.5. The molecule has 1 fully saturated rings. The molecule has 33 heavy (non-hydrogen) atoms. The summed E-state index contributed by atoms with van der Waals surface area (Å²) in [5.41, 5.74) is 2.46. The molecule has 0 atom stereocenters. The first-order valence-corrected chi connectivity index (χ1v) is 12.8. The van der Waals surface area contributed by atoms with Gasteiger partial charge in [0.15, 0.2) is 6.61 Å². The average Bonchev–Trinajstić information content (AvgIpc) is 2.83. The normalized spacial score (nSPS) is 16.8. The fourth-order valence-electron chi connectivity index (χ4n) is 4.19. The third-order valence-corrected chi connectivity index (χ3v) is 7.82. The van der Waals surface area contributed by atoms with Crippen molar-refractivity contribution in [2.75, 3.05) is 56.8 Å². The standard InChI is InChI=1S/C24H31N3O5S/c1-19-17-21(33(29,30)27-11-4-6-20-5-2-3-7-22(20)27)8-9-23(19)32-18-24(28)25-10-12-26-13-15-31-16-14-26/h2-3,5,7-9,17H,4,6,10-16,18H2,1H3,(H,25,28). The number of amides is 1. The third kappa shape index (κ3) is 5.66. The molecule has 0 saturated carbocycles. The van der Waals surface area contributed by atoms with Crippen LogP contribution in [0.5, 0.6) is 5.75 Å². The summed E-state index contributed by atoms with van der Waals surface area (Å²) >= 11 is 0. The van der Waals surface area contributed by atoms with Crippen molar-refractivity contribution in [2.24, 2.45) is 0 Å². The first-order chi connectivity index (χ1) is 15.9. The van der Waals surface area contributed by atoms with Crippen LogP contribution in [0.1, 0.15) is 17.5 Å². The summed E-state index contributed by atoms with van der Waals surface area (Å²) in [6.45, 7) is 6.67. The lowest BCUT2D eigenvalue weighted by Crippen LogP contribution is -2.42. The molecule has 0 aromatic heterocycles. The van der Waals surface area contributed by atoms with Crippen LogP contribution in [0.25, 0.3) is 0 Å². The minimum absolute atomic E-state index is 0.116. The fraction of sp³-hybridized carbons (Fsp3) is 0.458. The smallest absolute Gasteiger partial charge is 0.264 e. The molecule has 0 unspecified atom stereocenters.